The Balaban J connectivity index is 1.69. The van der Waals surface area contributed by atoms with Gasteiger partial charge in [0.1, 0.15) is 5.75 Å². The standard InChI is InChI=1S/C16H24N2O/c1-13-2-5-16(19-11-6-14-3-4-14)15(12-13)18-9-7-17-8-10-18/h2,5,12,14,17H,3-4,6-11H2,1H3. The number of hydrogen-bond donors (Lipinski definition) is 1. The third-order valence-electron chi connectivity index (χ3n) is 4.05. The van der Waals surface area contributed by atoms with Gasteiger partial charge in [0.2, 0.25) is 0 Å². The summed E-state index contributed by atoms with van der Waals surface area (Å²) in [6, 6.07) is 6.55. The van der Waals surface area contributed by atoms with Crippen LogP contribution in [0.1, 0.15) is 24.8 Å². The number of piperazine rings is 1. The van der Waals surface area contributed by atoms with E-state index in [0.29, 0.717) is 0 Å². The van der Waals surface area contributed by atoms with Gasteiger partial charge in [-0.3, -0.25) is 0 Å². The molecule has 2 aliphatic rings. The van der Waals surface area contributed by atoms with Crippen molar-refractivity contribution in [1.82, 2.24) is 5.32 Å². The number of nitrogens with one attached hydrogen (secondary N) is 1. The van der Waals surface area contributed by atoms with Crippen molar-refractivity contribution in [3.05, 3.63) is 23.8 Å². The van der Waals surface area contributed by atoms with Crippen LogP contribution in [0.4, 0.5) is 5.69 Å². The van der Waals surface area contributed by atoms with Crippen LogP contribution in [0.15, 0.2) is 18.2 Å². The topological polar surface area (TPSA) is 24.5 Å². The first-order valence-corrected chi connectivity index (χ1v) is 7.52. The van der Waals surface area contributed by atoms with E-state index in [1.807, 2.05) is 0 Å². The summed E-state index contributed by atoms with van der Waals surface area (Å²) in [5.74, 6) is 2.00. The Hall–Kier alpha value is -1.22. The highest BCUT2D eigenvalue weighted by Crippen LogP contribution is 2.34. The molecule has 2 fully saturated rings. The van der Waals surface area contributed by atoms with E-state index in [1.165, 1.54) is 30.5 Å². The first kappa shape index (κ1) is 12.8. The van der Waals surface area contributed by atoms with E-state index >= 15 is 0 Å². The maximum atomic E-state index is 6.03. The predicted octanol–water partition coefficient (Wildman–Crippen LogP) is 2.58. The SMILES string of the molecule is Cc1ccc(OCCC2CC2)c(N2CCNCC2)c1. The van der Waals surface area contributed by atoms with Crippen molar-refractivity contribution >= 4 is 5.69 Å². The minimum Gasteiger partial charge on any atom is -0.491 e. The van der Waals surface area contributed by atoms with E-state index in [4.69, 9.17) is 4.74 Å². The Kier molecular flexibility index (Phi) is 3.92. The largest absolute Gasteiger partial charge is 0.491 e. The van der Waals surface area contributed by atoms with Crippen molar-refractivity contribution in [2.75, 3.05) is 37.7 Å². The molecule has 1 heterocycles. The van der Waals surface area contributed by atoms with Gasteiger partial charge in [0.05, 0.1) is 12.3 Å². The third kappa shape index (κ3) is 3.41. The molecule has 1 saturated carbocycles. The van der Waals surface area contributed by atoms with Gasteiger partial charge in [-0.15, -0.1) is 0 Å². The van der Waals surface area contributed by atoms with Crippen molar-refractivity contribution in [3.8, 4) is 5.75 Å². The number of benzene rings is 1. The van der Waals surface area contributed by atoms with Crippen LogP contribution in [-0.2, 0) is 0 Å². The molecule has 1 N–H and O–H groups in total. The predicted molar refractivity (Wildman–Crippen MR) is 79.1 cm³/mol. The first-order valence-electron chi connectivity index (χ1n) is 7.52. The van der Waals surface area contributed by atoms with Gasteiger partial charge in [0.15, 0.2) is 0 Å². The molecule has 3 heteroatoms. The summed E-state index contributed by atoms with van der Waals surface area (Å²) in [5.41, 5.74) is 2.58. The van der Waals surface area contributed by atoms with Crippen molar-refractivity contribution in [3.63, 3.8) is 0 Å². The maximum Gasteiger partial charge on any atom is 0.142 e. The molecule has 1 aromatic carbocycles. The Morgan fingerprint density at radius 2 is 2.05 bits per heavy atom. The lowest BCUT2D eigenvalue weighted by Crippen LogP contribution is -2.43. The van der Waals surface area contributed by atoms with Crippen LogP contribution in [0.2, 0.25) is 0 Å². The highest BCUT2D eigenvalue weighted by molar-refractivity contribution is 5.60. The van der Waals surface area contributed by atoms with Crippen LogP contribution in [0.3, 0.4) is 0 Å². The summed E-state index contributed by atoms with van der Waals surface area (Å²) in [4.78, 5) is 2.44. The third-order valence-corrected chi connectivity index (χ3v) is 4.05. The van der Waals surface area contributed by atoms with Crippen LogP contribution in [0.5, 0.6) is 5.75 Å². The van der Waals surface area contributed by atoms with E-state index in [1.54, 1.807) is 0 Å². The number of anilines is 1. The number of ether oxygens (including phenoxy) is 1. The number of aryl methyl sites for hydroxylation is 1. The van der Waals surface area contributed by atoms with Crippen LogP contribution in [-0.4, -0.2) is 32.8 Å². The molecule has 104 valence electrons. The molecule has 1 aliphatic heterocycles. The smallest absolute Gasteiger partial charge is 0.142 e. The molecular weight excluding hydrogens is 236 g/mol. The fourth-order valence-corrected chi connectivity index (χ4v) is 2.64. The van der Waals surface area contributed by atoms with Crippen molar-refractivity contribution in [1.29, 1.82) is 0 Å². The molecule has 1 saturated heterocycles. The molecule has 0 atom stereocenters. The second-order valence-electron chi connectivity index (χ2n) is 5.79. The highest BCUT2D eigenvalue weighted by Gasteiger charge is 2.21. The zero-order valence-electron chi connectivity index (χ0n) is 11.8. The Bertz CT molecular complexity index is 423. The summed E-state index contributed by atoms with van der Waals surface area (Å²) < 4.78 is 6.03. The molecule has 0 radical (unpaired) electrons. The molecular formula is C16H24N2O. The van der Waals surface area contributed by atoms with E-state index < -0.39 is 0 Å². The lowest BCUT2D eigenvalue weighted by molar-refractivity contribution is 0.302. The maximum absolute atomic E-state index is 6.03. The molecule has 0 unspecified atom stereocenters. The van der Waals surface area contributed by atoms with Gasteiger partial charge in [-0.25, -0.2) is 0 Å². The lowest BCUT2D eigenvalue weighted by Gasteiger charge is -2.31. The van der Waals surface area contributed by atoms with Gasteiger partial charge in [0, 0.05) is 26.2 Å². The molecule has 0 aromatic heterocycles. The van der Waals surface area contributed by atoms with Crippen LogP contribution in [0.25, 0.3) is 0 Å². The molecule has 1 aliphatic carbocycles. The van der Waals surface area contributed by atoms with Gasteiger partial charge in [-0.2, -0.15) is 0 Å². The van der Waals surface area contributed by atoms with E-state index in [-0.39, 0.29) is 0 Å². The average molecular weight is 260 g/mol. The Labute approximate surface area is 115 Å². The fourth-order valence-electron chi connectivity index (χ4n) is 2.64. The van der Waals surface area contributed by atoms with Crippen LogP contribution in [0, 0.1) is 12.8 Å². The monoisotopic (exact) mass is 260 g/mol. The molecule has 3 nitrogen and oxygen atoms in total. The average Bonchev–Trinajstić information content (AvgIpc) is 3.25. The summed E-state index contributed by atoms with van der Waals surface area (Å²) in [7, 11) is 0. The molecule has 3 rings (SSSR count). The van der Waals surface area contributed by atoms with Gasteiger partial charge in [-0.05, 0) is 37.0 Å². The lowest BCUT2D eigenvalue weighted by atomic mass is 10.1. The van der Waals surface area contributed by atoms with Crippen LogP contribution >= 0.6 is 0 Å². The minimum absolute atomic E-state index is 0.868. The Morgan fingerprint density at radius 3 is 2.79 bits per heavy atom. The molecule has 0 amide bonds. The van der Waals surface area contributed by atoms with E-state index in [2.05, 4.69) is 35.3 Å². The molecule has 1 aromatic rings. The second-order valence-corrected chi connectivity index (χ2v) is 5.79. The summed E-state index contributed by atoms with van der Waals surface area (Å²) >= 11 is 0. The van der Waals surface area contributed by atoms with Gasteiger partial charge < -0.3 is 15.0 Å². The molecule has 19 heavy (non-hydrogen) atoms. The van der Waals surface area contributed by atoms with Crippen molar-refractivity contribution in [2.45, 2.75) is 26.2 Å². The quantitative estimate of drug-likeness (QED) is 0.880. The normalized spacial score (nSPS) is 19.5. The van der Waals surface area contributed by atoms with Gasteiger partial charge in [-0.1, -0.05) is 18.9 Å². The fraction of sp³-hybridized carbons (Fsp3) is 0.625. The summed E-state index contributed by atoms with van der Waals surface area (Å²) in [6.07, 6.45) is 4.03. The zero-order valence-corrected chi connectivity index (χ0v) is 11.8. The Morgan fingerprint density at radius 1 is 1.26 bits per heavy atom. The summed E-state index contributed by atoms with van der Waals surface area (Å²) in [5, 5.41) is 3.40. The number of rotatable bonds is 5. The molecule has 0 bridgehead atoms. The first-order chi connectivity index (χ1) is 9.33. The molecule has 0 spiro atoms. The van der Waals surface area contributed by atoms with Gasteiger partial charge in [0.25, 0.3) is 0 Å². The minimum atomic E-state index is 0.868. The summed E-state index contributed by atoms with van der Waals surface area (Å²) in [6.45, 7) is 7.29. The van der Waals surface area contributed by atoms with E-state index in [0.717, 1.165) is 44.5 Å². The van der Waals surface area contributed by atoms with Crippen LogP contribution < -0.4 is 15.0 Å². The highest BCUT2D eigenvalue weighted by atomic mass is 16.5. The van der Waals surface area contributed by atoms with Gasteiger partial charge >= 0.3 is 0 Å². The van der Waals surface area contributed by atoms with E-state index in [9.17, 15) is 0 Å². The zero-order chi connectivity index (χ0) is 13.1. The second kappa shape index (κ2) is 5.83. The van der Waals surface area contributed by atoms with Crippen molar-refractivity contribution in [2.24, 2.45) is 5.92 Å². The number of hydrogen-bond acceptors (Lipinski definition) is 3. The number of nitrogens with zero attached hydrogens (tertiary/aromatic N) is 1. The van der Waals surface area contributed by atoms with Crippen molar-refractivity contribution < 1.29 is 4.74 Å².